The van der Waals surface area contributed by atoms with Crippen LogP contribution in [0.2, 0.25) is 0 Å². The minimum absolute atomic E-state index is 0. The molecule has 0 fully saturated rings. The fourth-order valence-corrected chi connectivity index (χ4v) is 0. The van der Waals surface area contributed by atoms with Crippen LogP contribution in [0.1, 0.15) is 0 Å². The van der Waals surface area contributed by atoms with Crippen LogP contribution < -0.4 is 0 Å². The molecule has 0 aromatic rings. The molecule has 2 N–H and O–H groups in total. The minimum atomic E-state index is -5.12. The van der Waals surface area contributed by atoms with Crippen molar-refractivity contribution >= 4 is 18.9 Å². The number of hydrogen-bond donors (Lipinski definition) is 2. The van der Waals surface area contributed by atoms with Crippen molar-refractivity contribution in [2.75, 3.05) is 0 Å². The van der Waals surface area contributed by atoms with Crippen molar-refractivity contribution in [2.24, 2.45) is 0 Å². The van der Waals surface area contributed by atoms with Crippen molar-refractivity contribution in [1.29, 1.82) is 0 Å². The molecule has 0 spiro atoms. The predicted molar refractivity (Wildman–Crippen MR) is 11.6 cm³/mol. The van der Waals surface area contributed by atoms with Crippen molar-refractivity contribution < 1.29 is 46.2 Å². The van der Waals surface area contributed by atoms with E-state index in [-0.39, 0.29) is 35.6 Å². The molecule has 0 unspecified atom stereocenters. The average molecular weight is 187 g/mol. The molecule has 0 aromatic carbocycles. The zero-order chi connectivity index (χ0) is 4.50. The molecule has 0 aromatic heterocycles. The van der Waals surface area contributed by atoms with Crippen LogP contribution in [0.15, 0.2) is 0 Å². The Kier molecular flexibility index (Phi) is 11.9. The molecule has 0 saturated heterocycles. The fourth-order valence-electron chi connectivity index (χ4n) is 0. The summed E-state index contributed by atoms with van der Waals surface area (Å²) in [5, 5.41) is 0. The monoisotopic (exact) mass is 187 g/mol. The van der Waals surface area contributed by atoms with Crippen LogP contribution in [0.4, 0.5) is 0 Å². The second-order valence-electron chi connectivity index (χ2n) is 0.415. The topological polar surface area (TPSA) is 74.6 Å². The summed E-state index contributed by atoms with van der Waals surface area (Å²) in [5.74, 6) is 0. The molecule has 0 rings (SSSR count). The molecular weight excluding hydrogens is 185 g/mol. The van der Waals surface area contributed by atoms with Gasteiger partial charge in [-0.05, 0) is 0 Å². The predicted octanol–water partition coefficient (Wildman–Crippen LogP) is -1.74. The van der Waals surface area contributed by atoms with E-state index in [0.29, 0.717) is 0 Å². The van der Waals surface area contributed by atoms with E-state index in [1.165, 1.54) is 0 Å². The maximum atomic E-state index is 8.80. The van der Waals surface area contributed by atoms with Gasteiger partial charge in [0.15, 0.2) is 0 Å². The summed E-state index contributed by atoms with van der Waals surface area (Å²) in [7, 11) is 0. The van der Waals surface area contributed by atoms with E-state index in [1.54, 1.807) is 0 Å². The van der Waals surface area contributed by atoms with Crippen molar-refractivity contribution in [2.45, 2.75) is 0 Å². The van der Waals surface area contributed by atoms with Gasteiger partial charge in [-0.1, -0.05) is 0 Å². The third kappa shape index (κ3) is 145. The van der Waals surface area contributed by atoms with E-state index in [2.05, 4.69) is 0 Å². The molecule has 7 heteroatoms. The molecule has 0 heterocycles. The van der Waals surface area contributed by atoms with Crippen LogP contribution in [0, 0.1) is 0 Å². The Balaban J connectivity index is -0.0000000800. The first-order valence-corrected chi connectivity index (χ1v) is 2.67. The molecule has 2 radical (unpaired) electrons. The molecule has 0 aliphatic heterocycles. The van der Waals surface area contributed by atoms with Gasteiger partial charge in [0, 0.05) is 35.6 Å². The summed E-state index contributed by atoms with van der Waals surface area (Å²) in [4.78, 5) is 0. The normalized spacial score (nSPS) is 8.29. The molecule has 4 nitrogen and oxygen atoms in total. The Morgan fingerprint density at radius 1 is 1.14 bits per heavy atom. The molecule has 43 valence electrons. The number of hydrogen-bond acceptors (Lipinski definition) is 2. The second kappa shape index (κ2) is 5.28. The fraction of sp³-hybridized carbons (Fsp3) is 0. The second-order valence-corrected chi connectivity index (χ2v) is 1.71. The SMILES string of the molecule is [Co].[Li].[O]=[Mn](=[O])([OH])[OH]. The van der Waals surface area contributed by atoms with Gasteiger partial charge in [0.1, 0.15) is 0 Å². The van der Waals surface area contributed by atoms with Crippen LogP contribution in [0.25, 0.3) is 0 Å². The van der Waals surface area contributed by atoms with Crippen molar-refractivity contribution in [1.82, 2.24) is 0 Å². The number of rotatable bonds is 0. The zero-order valence-corrected chi connectivity index (χ0v) is 5.64. The third-order valence-corrected chi connectivity index (χ3v) is 0. The Bertz CT molecular complexity index is 94.9. The summed E-state index contributed by atoms with van der Waals surface area (Å²) in [6, 6.07) is 0. The Morgan fingerprint density at radius 2 is 1.14 bits per heavy atom. The van der Waals surface area contributed by atoms with Crippen molar-refractivity contribution in [3.05, 3.63) is 0 Å². The molecule has 0 amide bonds. The summed E-state index contributed by atoms with van der Waals surface area (Å²) >= 11 is -5.12. The van der Waals surface area contributed by atoms with Gasteiger partial charge in [0.05, 0.1) is 0 Å². The maximum absolute atomic E-state index is 8.80. The molecule has 7 heavy (non-hydrogen) atoms. The molecule has 0 aliphatic carbocycles. The van der Waals surface area contributed by atoms with Crippen LogP contribution in [0.3, 0.4) is 0 Å². The van der Waals surface area contributed by atoms with Crippen molar-refractivity contribution in [3.63, 3.8) is 0 Å². The van der Waals surface area contributed by atoms with E-state index in [1.807, 2.05) is 0 Å². The Morgan fingerprint density at radius 3 is 1.14 bits per heavy atom. The van der Waals surface area contributed by atoms with Crippen LogP contribution in [-0.4, -0.2) is 27.2 Å². The quantitative estimate of drug-likeness (QED) is 0.441. The molecule has 0 saturated carbocycles. The molecule has 0 bridgehead atoms. The summed E-state index contributed by atoms with van der Waals surface area (Å²) in [6.45, 7) is 0. The summed E-state index contributed by atoms with van der Waals surface area (Å²) in [5.41, 5.74) is 0. The van der Waals surface area contributed by atoms with Gasteiger partial charge >= 0.3 is 29.4 Å². The first-order chi connectivity index (χ1) is 2.00. The van der Waals surface area contributed by atoms with Crippen LogP contribution in [-0.2, 0) is 37.8 Å². The Labute approximate surface area is 64.9 Å². The molecule has 0 atom stereocenters. The zero-order valence-electron chi connectivity index (χ0n) is 3.42. The van der Waals surface area contributed by atoms with Gasteiger partial charge in [-0.25, -0.2) is 0 Å². The van der Waals surface area contributed by atoms with Gasteiger partial charge in [0.25, 0.3) is 0 Å². The first kappa shape index (κ1) is 15.7. The Hall–Kier alpha value is 1.14. The van der Waals surface area contributed by atoms with Crippen LogP contribution in [0.5, 0.6) is 0 Å². The van der Waals surface area contributed by atoms with Gasteiger partial charge in [0.2, 0.25) is 0 Å². The molecular formula is H2CoLiMnO4. The van der Waals surface area contributed by atoms with Gasteiger partial charge in [-0.2, -0.15) is 0 Å². The van der Waals surface area contributed by atoms with E-state index in [4.69, 9.17) is 16.0 Å². The average Bonchev–Trinajstić information content (AvgIpc) is 0.722. The van der Waals surface area contributed by atoms with E-state index >= 15 is 0 Å². The van der Waals surface area contributed by atoms with E-state index in [9.17, 15) is 0 Å². The third-order valence-electron chi connectivity index (χ3n) is 0. The molecule has 0 aliphatic rings. The first-order valence-electron chi connectivity index (χ1n) is 0.647. The summed E-state index contributed by atoms with van der Waals surface area (Å²) in [6.07, 6.45) is 0. The van der Waals surface area contributed by atoms with Gasteiger partial charge in [-0.3, -0.25) is 0 Å². The summed E-state index contributed by atoms with van der Waals surface area (Å²) < 4.78 is 31.8. The van der Waals surface area contributed by atoms with E-state index < -0.39 is 13.4 Å². The standard InChI is InChI=1S/Co.Li.Mn.2H2O.2O/h;;;2*1H2;;/q;;+2;;;;/p-2. The van der Waals surface area contributed by atoms with Gasteiger partial charge < -0.3 is 0 Å². The van der Waals surface area contributed by atoms with Gasteiger partial charge in [-0.15, -0.1) is 0 Å². The van der Waals surface area contributed by atoms with Crippen LogP contribution >= 0.6 is 0 Å². The van der Waals surface area contributed by atoms with E-state index in [0.717, 1.165) is 0 Å². The van der Waals surface area contributed by atoms with Crippen molar-refractivity contribution in [3.8, 4) is 0 Å².